The van der Waals surface area contributed by atoms with Crippen LogP contribution < -0.4 is 5.32 Å². The highest BCUT2D eigenvalue weighted by Crippen LogP contribution is 2.40. The molecule has 3 atom stereocenters. The average molecular weight is 459 g/mol. The molecule has 2 amide bonds. The highest BCUT2D eigenvalue weighted by Gasteiger charge is 2.47. The zero-order chi connectivity index (χ0) is 20.4. The Morgan fingerprint density at radius 3 is 2.62 bits per heavy atom. The summed E-state index contributed by atoms with van der Waals surface area (Å²) in [6, 6.07) is 13.4. The van der Waals surface area contributed by atoms with E-state index < -0.39 is 6.04 Å². The Morgan fingerprint density at radius 2 is 1.86 bits per heavy atom. The van der Waals surface area contributed by atoms with Gasteiger partial charge in [0.15, 0.2) is 0 Å². The van der Waals surface area contributed by atoms with E-state index in [1.807, 2.05) is 23.1 Å². The van der Waals surface area contributed by atoms with Gasteiger partial charge >= 0.3 is 0 Å². The molecule has 1 N–H and O–H groups in total. The van der Waals surface area contributed by atoms with Crippen molar-refractivity contribution in [2.75, 3.05) is 0 Å². The van der Waals surface area contributed by atoms with Gasteiger partial charge in [0, 0.05) is 22.6 Å². The Morgan fingerprint density at radius 1 is 1.10 bits per heavy atom. The summed E-state index contributed by atoms with van der Waals surface area (Å²) in [5, 5.41) is 2.92. The molecule has 4 rings (SSSR count). The molecule has 1 saturated heterocycles. The molecule has 1 saturated carbocycles. The zero-order valence-electron chi connectivity index (χ0n) is 16.1. The number of benzene rings is 2. The van der Waals surface area contributed by atoms with Gasteiger partial charge in [0.1, 0.15) is 11.9 Å². The normalized spacial score (nSPS) is 23.5. The van der Waals surface area contributed by atoms with E-state index >= 15 is 0 Å². The molecule has 1 aliphatic heterocycles. The van der Waals surface area contributed by atoms with Crippen LogP contribution in [0.25, 0.3) is 0 Å². The van der Waals surface area contributed by atoms with Crippen LogP contribution in [0, 0.1) is 11.7 Å². The van der Waals surface area contributed by atoms with Crippen LogP contribution in [0.15, 0.2) is 53.0 Å². The maximum atomic E-state index is 13.6. The number of nitrogens with zero attached hydrogens (tertiary/aromatic N) is 1. The van der Waals surface area contributed by atoms with Crippen molar-refractivity contribution in [2.24, 2.45) is 5.92 Å². The van der Waals surface area contributed by atoms with E-state index in [1.54, 1.807) is 18.2 Å². The summed E-state index contributed by atoms with van der Waals surface area (Å²) < 4.78 is 14.2. The van der Waals surface area contributed by atoms with Crippen molar-refractivity contribution >= 4 is 27.7 Å². The van der Waals surface area contributed by atoms with E-state index in [0.29, 0.717) is 27.9 Å². The molecule has 2 aromatic carbocycles. The third-order valence-corrected chi connectivity index (χ3v) is 6.49. The number of rotatable bonds is 4. The second-order valence-electron chi connectivity index (χ2n) is 7.94. The lowest BCUT2D eigenvalue weighted by molar-refractivity contribution is -0.125. The largest absolute Gasteiger partial charge is 0.350 e. The minimum atomic E-state index is -0.479. The summed E-state index contributed by atoms with van der Waals surface area (Å²) in [5.74, 6) is -0.218. The number of hydrogen-bond donors (Lipinski definition) is 1. The number of carbonyl (C=O) groups is 2. The molecular weight excluding hydrogens is 435 g/mol. The van der Waals surface area contributed by atoms with Crippen LogP contribution in [-0.4, -0.2) is 28.8 Å². The Hall–Kier alpha value is -2.21. The minimum Gasteiger partial charge on any atom is -0.350 e. The summed E-state index contributed by atoms with van der Waals surface area (Å²) in [5.41, 5.74) is 1.30. The molecule has 3 unspecified atom stereocenters. The molecule has 6 heteroatoms. The van der Waals surface area contributed by atoms with Crippen LogP contribution in [0.4, 0.5) is 4.39 Å². The molecule has 0 aromatic heterocycles. The molecule has 29 heavy (non-hydrogen) atoms. The molecule has 2 aliphatic rings. The van der Waals surface area contributed by atoms with Crippen molar-refractivity contribution in [1.82, 2.24) is 10.2 Å². The quantitative estimate of drug-likeness (QED) is 0.722. The first-order chi connectivity index (χ1) is 14.0. The van der Waals surface area contributed by atoms with Crippen LogP contribution in [0.1, 0.15) is 48.0 Å². The maximum absolute atomic E-state index is 13.6. The van der Waals surface area contributed by atoms with Gasteiger partial charge in [-0.25, -0.2) is 4.39 Å². The maximum Gasteiger partial charge on any atom is 0.254 e. The fourth-order valence-electron chi connectivity index (χ4n) is 4.74. The number of carbonyl (C=O) groups excluding carboxylic acids is 2. The van der Waals surface area contributed by atoms with Crippen molar-refractivity contribution in [3.8, 4) is 0 Å². The molecule has 1 heterocycles. The number of halogens is 2. The van der Waals surface area contributed by atoms with Crippen molar-refractivity contribution in [3.63, 3.8) is 0 Å². The molecule has 2 aromatic rings. The third kappa shape index (κ3) is 4.37. The lowest BCUT2D eigenvalue weighted by atomic mass is 9.84. The van der Waals surface area contributed by atoms with Gasteiger partial charge in [-0.05, 0) is 61.1 Å². The van der Waals surface area contributed by atoms with Crippen molar-refractivity contribution in [1.29, 1.82) is 0 Å². The van der Waals surface area contributed by atoms with Gasteiger partial charge in [0.2, 0.25) is 5.91 Å². The van der Waals surface area contributed by atoms with Crippen LogP contribution in [-0.2, 0) is 11.3 Å². The van der Waals surface area contributed by atoms with Gasteiger partial charge in [-0.3, -0.25) is 9.59 Å². The van der Waals surface area contributed by atoms with E-state index in [0.717, 1.165) is 25.7 Å². The van der Waals surface area contributed by atoms with Gasteiger partial charge in [0.25, 0.3) is 5.91 Å². The minimum absolute atomic E-state index is 0.0753. The molecular formula is C23H24BrFN2O2. The summed E-state index contributed by atoms with van der Waals surface area (Å²) >= 11 is 3.28. The van der Waals surface area contributed by atoms with E-state index in [2.05, 4.69) is 21.2 Å². The lowest BCUT2D eigenvalue weighted by Gasteiger charge is -2.33. The van der Waals surface area contributed by atoms with E-state index in [9.17, 15) is 14.0 Å². The zero-order valence-corrected chi connectivity index (χ0v) is 17.7. The summed E-state index contributed by atoms with van der Waals surface area (Å²) in [6.07, 6.45) is 4.95. The van der Waals surface area contributed by atoms with Crippen molar-refractivity contribution < 1.29 is 14.0 Å². The van der Waals surface area contributed by atoms with Crippen molar-refractivity contribution in [3.05, 3.63) is 69.9 Å². The topological polar surface area (TPSA) is 49.4 Å². The summed E-state index contributed by atoms with van der Waals surface area (Å²) in [6.45, 7) is 0.231. The van der Waals surface area contributed by atoms with Gasteiger partial charge in [0.05, 0.1) is 0 Å². The molecule has 0 radical (unpaired) electrons. The number of likely N-dealkylation sites (tertiary alicyclic amines) is 1. The number of amides is 2. The van der Waals surface area contributed by atoms with E-state index in [-0.39, 0.29) is 30.2 Å². The smallest absolute Gasteiger partial charge is 0.254 e. The average Bonchev–Trinajstić information content (AvgIpc) is 3.11. The van der Waals surface area contributed by atoms with Crippen LogP contribution >= 0.6 is 15.9 Å². The summed E-state index contributed by atoms with van der Waals surface area (Å²) in [4.78, 5) is 28.2. The van der Waals surface area contributed by atoms with E-state index in [4.69, 9.17) is 0 Å². The van der Waals surface area contributed by atoms with Crippen molar-refractivity contribution in [2.45, 2.75) is 50.7 Å². The molecule has 152 valence electrons. The SMILES string of the molecule is O=C(NCc1cc(F)cc(Br)c1)C1CC2CCCCC2N1C(=O)c1ccccc1. The van der Waals surface area contributed by atoms with Crippen LogP contribution in [0.2, 0.25) is 0 Å². The third-order valence-electron chi connectivity index (χ3n) is 6.04. The van der Waals surface area contributed by atoms with Gasteiger partial charge in [-0.1, -0.05) is 47.0 Å². The van der Waals surface area contributed by atoms with Gasteiger partial charge < -0.3 is 10.2 Å². The first-order valence-electron chi connectivity index (χ1n) is 10.1. The Kier molecular flexibility index (Phi) is 5.99. The number of hydrogen-bond acceptors (Lipinski definition) is 2. The Balaban J connectivity index is 1.53. The molecule has 4 nitrogen and oxygen atoms in total. The first-order valence-corrected chi connectivity index (χ1v) is 10.9. The highest BCUT2D eigenvalue weighted by molar-refractivity contribution is 9.10. The standard InChI is InChI=1S/C23H24BrFN2O2/c24-18-10-15(11-19(25)13-18)14-26-22(28)21-12-17-8-4-5-9-20(17)27(21)23(29)16-6-2-1-3-7-16/h1-3,6-7,10-11,13,17,20-21H,4-5,8-9,12,14H2,(H,26,28). The Labute approximate surface area is 178 Å². The lowest BCUT2D eigenvalue weighted by Crippen LogP contribution is -2.49. The van der Waals surface area contributed by atoms with Crippen LogP contribution in [0.3, 0.4) is 0 Å². The second kappa shape index (κ2) is 8.66. The van der Waals surface area contributed by atoms with Crippen LogP contribution in [0.5, 0.6) is 0 Å². The fourth-order valence-corrected chi connectivity index (χ4v) is 5.25. The highest BCUT2D eigenvalue weighted by atomic mass is 79.9. The molecule has 1 aliphatic carbocycles. The molecule has 0 spiro atoms. The Bertz CT molecular complexity index is 885. The molecule has 2 fully saturated rings. The van der Waals surface area contributed by atoms with Gasteiger partial charge in [-0.2, -0.15) is 0 Å². The second-order valence-corrected chi connectivity index (χ2v) is 8.85. The summed E-state index contributed by atoms with van der Waals surface area (Å²) in [7, 11) is 0. The number of nitrogens with one attached hydrogen (secondary N) is 1. The molecule has 0 bridgehead atoms. The predicted octanol–water partition coefficient (Wildman–Crippen LogP) is 4.68. The number of fused-ring (bicyclic) bond motifs is 1. The van der Waals surface area contributed by atoms with E-state index in [1.165, 1.54) is 12.1 Å². The first kappa shape index (κ1) is 20.1. The van der Waals surface area contributed by atoms with Gasteiger partial charge in [-0.15, -0.1) is 0 Å². The monoisotopic (exact) mass is 458 g/mol. The predicted molar refractivity (Wildman–Crippen MR) is 113 cm³/mol. The fraction of sp³-hybridized carbons (Fsp3) is 0.391.